The van der Waals surface area contributed by atoms with Gasteiger partial charge in [-0.05, 0) is 31.4 Å². The maximum atomic E-state index is 11.7. The number of primary amides is 2. The van der Waals surface area contributed by atoms with Crippen LogP contribution in [0.2, 0.25) is 0 Å². The first-order chi connectivity index (χ1) is 11.1. The molecule has 0 aliphatic heterocycles. The number of hydrogen-bond acceptors (Lipinski definition) is 5. The molecule has 122 valence electrons. The number of fused-ring (bicyclic) bond motifs is 1. The Labute approximate surface area is 132 Å². The summed E-state index contributed by atoms with van der Waals surface area (Å²) in [5.41, 5.74) is 12.3. The third kappa shape index (κ3) is 3.05. The second-order valence-electron chi connectivity index (χ2n) is 5.65. The Morgan fingerprint density at radius 2 is 2.09 bits per heavy atom. The quantitative estimate of drug-likeness (QED) is 0.782. The van der Waals surface area contributed by atoms with Crippen molar-refractivity contribution < 1.29 is 14.3 Å². The van der Waals surface area contributed by atoms with Gasteiger partial charge < -0.3 is 21.5 Å². The normalized spacial score (nSPS) is 21.0. The minimum atomic E-state index is -0.790. The van der Waals surface area contributed by atoms with Crippen molar-refractivity contribution in [2.75, 3.05) is 5.32 Å². The van der Waals surface area contributed by atoms with E-state index in [1.807, 2.05) is 12.1 Å². The zero-order chi connectivity index (χ0) is 16.4. The lowest BCUT2D eigenvalue weighted by atomic mass is 9.92. The summed E-state index contributed by atoms with van der Waals surface area (Å²) >= 11 is 0. The third-order valence-corrected chi connectivity index (χ3v) is 4.13. The first-order valence-corrected chi connectivity index (χ1v) is 7.55. The number of carbonyl (C=O) groups is 2. The van der Waals surface area contributed by atoms with Crippen LogP contribution in [0.25, 0.3) is 5.52 Å². The topological polar surface area (TPSA) is 125 Å². The standard InChI is InChI=1S/C15H19N5O3/c16-14(21)9-8-18-20-7-3-5-11(20)13(9)19-10-4-1-2-6-12(10)23-15(17)22/h3,5,7-8,10,12,19H,1-2,4,6H2,(H2,16,21)(H2,17,22)/t10-,12-/m1/s1. The predicted octanol–water partition coefficient (Wildman–Crippen LogP) is 1.25. The second kappa shape index (κ2) is 6.15. The molecule has 8 heteroatoms. The van der Waals surface area contributed by atoms with Gasteiger partial charge >= 0.3 is 6.09 Å². The van der Waals surface area contributed by atoms with Crippen molar-refractivity contribution >= 4 is 23.2 Å². The summed E-state index contributed by atoms with van der Waals surface area (Å²) in [6.45, 7) is 0. The molecule has 0 bridgehead atoms. The van der Waals surface area contributed by atoms with Gasteiger partial charge in [-0.2, -0.15) is 5.10 Å². The van der Waals surface area contributed by atoms with Gasteiger partial charge in [-0.1, -0.05) is 6.42 Å². The molecule has 0 spiro atoms. The molecule has 1 fully saturated rings. The molecule has 2 aromatic heterocycles. The molecule has 1 aliphatic rings. The predicted molar refractivity (Wildman–Crippen MR) is 84.0 cm³/mol. The molecule has 8 nitrogen and oxygen atoms in total. The Hall–Kier alpha value is -2.77. The number of carbonyl (C=O) groups excluding carboxylic acids is 2. The highest BCUT2D eigenvalue weighted by Gasteiger charge is 2.29. The molecular formula is C15H19N5O3. The molecule has 2 amide bonds. The summed E-state index contributed by atoms with van der Waals surface area (Å²) < 4.78 is 6.86. The monoisotopic (exact) mass is 317 g/mol. The number of rotatable bonds is 4. The van der Waals surface area contributed by atoms with E-state index in [9.17, 15) is 9.59 Å². The average Bonchev–Trinajstić information content (AvgIpc) is 2.97. The molecule has 0 saturated heterocycles. The fraction of sp³-hybridized carbons (Fsp3) is 0.400. The van der Waals surface area contributed by atoms with Gasteiger partial charge in [0.25, 0.3) is 5.91 Å². The lowest BCUT2D eigenvalue weighted by molar-refractivity contribution is 0.0744. The van der Waals surface area contributed by atoms with E-state index in [0.717, 1.165) is 31.2 Å². The van der Waals surface area contributed by atoms with Crippen molar-refractivity contribution in [2.24, 2.45) is 11.5 Å². The Kier molecular flexibility index (Phi) is 4.05. The highest BCUT2D eigenvalue weighted by Crippen LogP contribution is 2.28. The van der Waals surface area contributed by atoms with Gasteiger partial charge in [0.2, 0.25) is 0 Å². The number of anilines is 1. The summed E-state index contributed by atoms with van der Waals surface area (Å²) in [7, 11) is 0. The van der Waals surface area contributed by atoms with Crippen molar-refractivity contribution in [1.82, 2.24) is 9.61 Å². The van der Waals surface area contributed by atoms with Gasteiger partial charge in [0.1, 0.15) is 6.10 Å². The number of amides is 2. The van der Waals surface area contributed by atoms with Gasteiger partial charge in [0.15, 0.2) is 0 Å². The fourth-order valence-electron chi connectivity index (χ4n) is 3.07. The van der Waals surface area contributed by atoms with E-state index in [1.54, 1.807) is 10.7 Å². The summed E-state index contributed by atoms with van der Waals surface area (Å²) in [6.07, 6.45) is 5.61. The summed E-state index contributed by atoms with van der Waals surface area (Å²) in [5, 5.41) is 7.47. The maximum Gasteiger partial charge on any atom is 0.404 e. The minimum absolute atomic E-state index is 0.129. The van der Waals surface area contributed by atoms with Crippen LogP contribution in [-0.2, 0) is 4.74 Å². The third-order valence-electron chi connectivity index (χ3n) is 4.13. The first kappa shape index (κ1) is 15.1. The maximum absolute atomic E-state index is 11.7. The molecule has 2 aromatic rings. The average molecular weight is 317 g/mol. The molecule has 2 heterocycles. The van der Waals surface area contributed by atoms with Crippen molar-refractivity contribution in [3.8, 4) is 0 Å². The van der Waals surface area contributed by atoms with Gasteiger partial charge in [-0.25, -0.2) is 9.31 Å². The molecule has 1 saturated carbocycles. The van der Waals surface area contributed by atoms with Crippen LogP contribution in [0.15, 0.2) is 24.5 Å². The molecule has 0 radical (unpaired) electrons. The zero-order valence-corrected chi connectivity index (χ0v) is 12.6. The van der Waals surface area contributed by atoms with Crippen LogP contribution in [0.4, 0.5) is 10.5 Å². The van der Waals surface area contributed by atoms with E-state index in [2.05, 4.69) is 10.4 Å². The highest BCUT2D eigenvalue weighted by atomic mass is 16.6. The lowest BCUT2D eigenvalue weighted by Gasteiger charge is -2.32. The van der Waals surface area contributed by atoms with Crippen LogP contribution in [0.1, 0.15) is 36.0 Å². The van der Waals surface area contributed by atoms with Crippen LogP contribution >= 0.6 is 0 Å². The van der Waals surface area contributed by atoms with Crippen LogP contribution < -0.4 is 16.8 Å². The largest absolute Gasteiger partial charge is 0.444 e. The Morgan fingerprint density at radius 1 is 1.30 bits per heavy atom. The molecule has 5 N–H and O–H groups in total. The lowest BCUT2D eigenvalue weighted by Crippen LogP contribution is -2.41. The van der Waals surface area contributed by atoms with E-state index >= 15 is 0 Å². The Balaban J connectivity index is 1.95. The molecule has 0 unspecified atom stereocenters. The second-order valence-corrected chi connectivity index (χ2v) is 5.65. The number of hydrogen-bond donors (Lipinski definition) is 3. The number of nitrogens with one attached hydrogen (secondary N) is 1. The SMILES string of the molecule is NC(=O)O[C@@H]1CCCC[C@H]1Nc1c(C(N)=O)cnn2cccc12. The Bertz CT molecular complexity index is 742. The van der Waals surface area contributed by atoms with Crippen molar-refractivity contribution in [3.63, 3.8) is 0 Å². The highest BCUT2D eigenvalue weighted by molar-refractivity contribution is 6.01. The van der Waals surface area contributed by atoms with Crippen LogP contribution in [-0.4, -0.2) is 33.8 Å². The van der Waals surface area contributed by atoms with Crippen molar-refractivity contribution in [2.45, 2.75) is 37.8 Å². The van der Waals surface area contributed by atoms with Crippen molar-refractivity contribution in [1.29, 1.82) is 0 Å². The van der Waals surface area contributed by atoms with Gasteiger partial charge in [-0.3, -0.25) is 4.79 Å². The number of nitrogens with zero attached hydrogens (tertiary/aromatic N) is 2. The zero-order valence-electron chi connectivity index (χ0n) is 12.6. The van der Waals surface area contributed by atoms with Crippen LogP contribution in [0.3, 0.4) is 0 Å². The molecule has 0 aromatic carbocycles. The van der Waals surface area contributed by atoms with Gasteiger partial charge in [-0.15, -0.1) is 0 Å². The van der Waals surface area contributed by atoms with E-state index in [1.165, 1.54) is 6.20 Å². The minimum Gasteiger partial charge on any atom is -0.444 e. The number of aromatic nitrogens is 2. The number of ether oxygens (including phenoxy) is 1. The molecule has 3 rings (SSSR count). The van der Waals surface area contributed by atoms with Gasteiger partial charge in [0, 0.05) is 6.20 Å². The van der Waals surface area contributed by atoms with Crippen molar-refractivity contribution in [3.05, 3.63) is 30.1 Å². The molecular weight excluding hydrogens is 298 g/mol. The van der Waals surface area contributed by atoms with E-state index in [4.69, 9.17) is 16.2 Å². The van der Waals surface area contributed by atoms with Gasteiger partial charge in [0.05, 0.1) is 29.0 Å². The molecule has 2 atom stereocenters. The molecule has 23 heavy (non-hydrogen) atoms. The smallest absolute Gasteiger partial charge is 0.404 e. The van der Waals surface area contributed by atoms with Crippen LogP contribution in [0.5, 0.6) is 0 Å². The number of nitrogens with two attached hydrogens (primary N) is 2. The van der Waals surface area contributed by atoms with E-state index in [0.29, 0.717) is 11.3 Å². The Morgan fingerprint density at radius 3 is 2.83 bits per heavy atom. The fourth-order valence-corrected chi connectivity index (χ4v) is 3.07. The summed E-state index contributed by atoms with van der Waals surface area (Å²) in [5.74, 6) is -0.563. The molecule has 1 aliphatic carbocycles. The first-order valence-electron chi connectivity index (χ1n) is 7.55. The van der Waals surface area contributed by atoms with E-state index < -0.39 is 12.0 Å². The summed E-state index contributed by atoms with van der Waals surface area (Å²) in [6, 6.07) is 3.54. The summed E-state index contributed by atoms with van der Waals surface area (Å²) in [4.78, 5) is 22.8. The van der Waals surface area contributed by atoms with E-state index in [-0.39, 0.29) is 12.1 Å². The van der Waals surface area contributed by atoms with Crippen LogP contribution in [0, 0.1) is 0 Å².